The number of hydrogen-bond donors (Lipinski definition) is 2. The zero-order valence-electron chi connectivity index (χ0n) is 49.5. The molecule has 0 saturated carbocycles. The van der Waals surface area contributed by atoms with Crippen molar-refractivity contribution in [3.63, 3.8) is 0 Å². The van der Waals surface area contributed by atoms with Gasteiger partial charge in [0.2, 0.25) is 12.0 Å². The number of hydrogen-bond acceptors (Lipinski definition) is 16. The molecule has 2 saturated heterocycles. The van der Waals surface area contributed by atoms with Gasteiger partial charge in [0.15, 0.2) is 14.4 Å². The standard InChI is InChI=1S/C63H76N4O15SSi/c1-13-21-52(68)67-50(38-80-83(10,72)73)56(77-36-42-23-16-14-17-24-42)57(78-37-43-25-18-15-19-26-43)55(67)54(66-60(70)58(63(7)39-79-63)81-61(71)49-33-46(75-9)32-48-40(2)22-20-27-47(48)49)59(69)65-53(51(34-64)82-84(11,12)62(4,5)6)41(3)76-35-44-28-30-45(74-8)31-29-44/h13-20,22-33,41,50-51,53,56-58H,1,21,35-39H2,2-12H3,(H,65,69)(H,66,70)/b55-54-/t41-,50+,51?,53+,56-,57-,58-,63+/m1/s1. The number of amides is 3. The quantitative estimate of drug-likeness (QED) is 0.0125. The molecular formula is C63H76N4O15SSi. The van der Waals surface area contributed by atoms with E-state index in [1.165, 1.54) is 19.3 Å². The number of carbonyl (C=O) groups excluding carboxylic acids is 4. The van der Waals surface area contributed by atoms with E-state index in [1.807, 2.05) is 59.0 Å². The topological polar surface area (TPSA) is 240 Å². The van der Waals surface area contributed by atoms with Gasteiger partial charge in [-0.15, -0.1) is 6.58 Å². The Morgan fingerprint density at radius 2 is 1.48 bits per heavy atom. The molecule has 2 N–H and O–H groups in total. The highest BCUT2D eigenvalue weighted by molar-refractivity contribution is 7.86. The SMILES string of the molecule is C=CCC(=O)N1/C(=C(\NC(=O)[C@@H](OC(=O)c2cc(OC)cc3c(C)cccc23)[C@]2(C)CO2)C(=O)N[C@H](C(C#N)O[Si](C)(C)C(C)(C)C)[C@@H](C)OCc2ccc(OC)cc2)[C@@H](OCc2ccccc2)[C@H](OCc2ccccc2)[C@@H]1COS(C)(=O)=O. The van der Waals surface area contributed by atoms with Gasteiger partial charge in [-0.1, -0.05) is 118 Å². The van der Waals surface area contributed by atoms with E-state index < -0.39 is 108 Å². The number of benzene rings is 5. The predicted octanol–water partition coefficient (Wildman–Crippen LogP) is 8.75. The zero-order valence-corrected chi connectivity index (χ0v) is 51.3. The molecule has 0 aliphatic carbocycles. The van der Waals surface area contributed by atoms with Crippen molar-refractivity contribution in [2.24, 2.45) is 0 Å². The third-order valence-electron chi connectivity index (χ3n) is 15.3. The summed E-state index contributed by atoms with van der Waals surface area (Å²) in [7, 11) is -4.07. The van der Waals surface area contributed by atoms with Gasteiger partial charge in [-0.3, -0.25) is 18.6 Å². The number of fused-ring (bicyclic) bond motifs is 1. The summed E-state index contributed by atoms with van der Waals surface area (Å²) in [6.07, 6.45) is -5.23. The van der Waals surface area contributed by atoms with Crippen molar-refractivity contribution in [1.29, 1.82) is 5.26 Å². The monoisotopic (exact) mass is 1190 g/mol. The van der Waals surface area contributed by atoms with Crippen LogP contribution in [0.5, 0.6) is 11.5 Å². The summed E-state index contributed by atoms with van der Waals surface area (Å²) in [5.74, 6) is -2.86. The zero-order chi connectivity index (χ0) is 61.1. The number of aryl methyl sites for hydroxylation is 1. The average molecular weight is 1190 g/mol. The van der Waals surface area contributed by atoms with Crippen molar-refractivity contribution < 1.29 is 69.4 Å². The number of ether oxygens (including phenoxy) is 7. The summed E-state index contributed by atoms with van der Waals surface area (Å²) in [5, 5.41) is 17.7. The molecule has 1 unspecified atom stereocenters. The lowest BCUT2D eigenvalue weighted by atomic mass is 9.99. The minimum Gasteiger partial charge on any atom is -0.497 e. The van der Waals surface area contributed by atoms with Crippen molar-refractivity contribution in [2.45, 2.75) is 134 Å². The summed E-state index contributed by atoms with van der Waals surface area (Å²) in [6, 6.07) is 33.4. The van der Waals surface area contributed by atoms with E-state index in [-0.39, 0.29) is 44.1 Å². The van der Waals surface area contributed by atoms with Gasteiger partial charge in [0.1, 0.15) is 35.0 Å². The molecule has 3 amide bonds. The second-order valence-electron chi connectivity index (χ2n) is 22.6. The van der Waals surface area contributed by atoms with Crippen LogP contribution in [-0.2, 0) is 76.6 Å². The maximum Gasteiger partial charge on any atom is 0.339 e. The van der Waals surface area contributed by atoms with Crippen LogP contribution < -0.4 is 20.1 Å². The molecule has 19 nitrogen and oxygen atoms in total. The molecule has 0 spiro atoms. The minimum absolute atomic E-state index is 0.00983. The third-order valence-corrected chi connectivity index (χ3v) is 20.3. The first-order chi connectivity index (χ1) is 39.8. The Bertz CT molecular complexity index is 3340. The van der Waals surface area contributed by atoms with Gasteiger partial charge in [0.25, 0.3) is 21.9 Å². The Kier molecular flexibility index (Phi) is 21.2. The fraction of sp³-hybridized carbons (Fsp3) is 0.413. The third kappa shape index (κ3) is 15.9. The van der Waals surface area contributed by atoms with E-state index in [4.69, 9.17) is 41.8 Å². The van der Waals surface area contributed by atoms with E-state index in [0.29, 0.717) is 33.4 Å². The van der Waals surface area contributed by atoms with Crippen molar-refractivity contribution in [3.8, 4) is 17.6 Å². The van der Waals surface area contributed by atoms with E-state index in [1.54, 1.807) is 112 Å². The number of rotatable bonds is 27. The van der Waals surface area contributed by atoms with E-state index in [0.717, 1.165) is 22.3 Å². The van der Waals surface area contributed by atoms with Gasteiger partial charge in [-0.25, -0.2) is 4.79 Å². The molecule has 448 valence electrons. The van der Waals surface area contributed by atoms with Gasteiger partial charge < -0.3 is 53.1 Å². The lowest BCUT2D eigenvalue weighted by Gasteiger charge is -2.40. The maximum absolute atomic E-state index is 16.2. The molecule has 84 heavy (non-hydrogen) atoms. The van der Waals surface area contributed by atoms with Crippen LogP contribution in [0.2, 0.25) is 18.1 Å². The largest absolute Gasteiger partial charge is 0.497 e. The molecule has 2 aliphatic heterocycles. The smallest absolute Gasteiger partial charge is 0.339 e. The van der Waals surface area contributed by atoms with Crippen LogP contribution in [0.25, 0.3) is 10.8 Å². The normalized spacial score (nSPS) is 19.9. The lowest BCUT2D eigenvalue weighted by Crippen LogP contribution is -2.57. The summed E-state index contributed by atoms with van der Waals surface area (Å²) >= 11 is 0. The van der Waals surface area contributed by atoms with Crippen LogP contribution in [-0.4, -0.2) is 127 Å². The van der Waals surface area contributed by atoms with E-state index in [2.05, 4.69) is 23.3 Å². The molecule has 2 heterocycles. The Balaban J connectivity index is 1.45. The molecule has 0 radical (unpaired) electrons. The fourth-order valence-corrected chi connectivity index (χ4v) is 11.0. The number of epoxide rings is 1. The van der Waals surface area contributed by atoms with Crippen LogP contribution in [0.3, 0.4) is 0 Å². The number of nitrogens with one attached hydrogen (secondary N) is 2. The number of likely N-dealkylation sites (tertiary alicyclic amines) is 1. The first-order valence-electron chi connectivity index (χ1n) is 27.5. The van der Waals surface area contributed by atoms with E-state index >= 15 is 14.4 Å². The number of esters is 1. The number of methoxy groups -OCH3 is 2. The van der Waals surface area contributed by atoms with Crippen molar-refractivity contribution >= 4 is 52.9 Å². The Labute approximate surface area is 493 Å². The Morgan fingerprint density at radius 3 is 2.04 bits per heavy atom. The van der Waals surface area contributed by atoms with Crippen LogP contribution in [0.4, 0.5) is 0 Å². The Hall–Kier alpha value is -7.26. The van der Waals surface area contributed by atoms with Crippen LogP contribution >= 0.6 is 0 Å². The predicted molar refractivity (Wildman–Crippen MR) is 317 cm³/mol. The molecule has 0 bridgehead atoms. The number of nitriles is 1. The molecule has 5 aromatic rings. The number of carbonyl (C=O) groups is 4. The molecular weight excluding hydrogens is 1110 g/mol. The molecule has 2 fully saturated rings. The maximum atomic E-state index is 16.2. The minimum atomic E-state index is -4.23. The highest BCUT2D eigenvalue weighted by atomic mass is 32.2. The molecule has 7 rings (SSSR count). The van der Waals surface area contributed by atoms with Crippen molar-refractivity contribution in [1.82, 2.24) is 15.5 Å². The highest BCUT2D eigenvalue weighted by Crippen LogP contribution is 2.41. The molecule has 21 heteroatoms. The van der Waals surface area contributed by atoms with Crippen LogP contribution in [0, 0.1) is 18.3 Å². The molecule has 5 aromatic carbocycles. The molecule has 2 aliphatic rings. The first kappa shape index (κ1) is 64.3. The second kappa shape index (κ2) is 27.6. The summed E-state index contributed by atoms with van der Waals surface area (Å²) in [6.45, 7) is 17.8. The molecule has 8 atom stereocenters. The van der Waals surface area contributed by atoms with Gasteiger partial charge in [-0.2, -0.15) is 13.7 Å². The lowest BCUT2D eigenvalue weighted by molar-refractivity contribution is -0.134. The van der Waals surface area contributed by atoms with E-state index in [9.17, 15) is 18.5 Å². The van der Waals surface area contributed by atoms with Gasteiger partial charge >= 0.3 is 5.97 Å². The Morgan fingerprint density at radius 1 is 0.869 bits per heavy atom. The molecule has 0 aromatic heterocycles. The number of nitrogens with zero attached hydrogens (tertiary/aromatic N) is 2. The second-order valence-corrected chi connectivity index (χ2v) is 29.0. The average Bonchev–Trinajstić information content (AvgIpc) is 1.93. The first-order valence-corrected chi connectivity index (χ1v) is 32.2. The summed E-state index contributed by atoms with van der Waals surface area (Å²) < 4.78 is 81.3. The summed E-state index contributed by atoms with van der Waals surface area (Å²) in [4.78, 5) is 62.8. The van der Waals surface area contributed by atoms with Crippen LogP contribution in [0.15, 0.2) is 139 Å². The fourth-order valence-electron chi connectivity index (χ4n) is 9.39. The van der Waals surface area contributed by atoms with Crippen LogP contribution in [0.1, 0.15) is 73.7 Å². The summed E-state index contributed by atoms with van der Waals surface area (Å²) in [5.41, 5.74) is 0.610. The van der Waals surface area contributed by atoms with Crippen molar-refractivity contribution in [3.05, 3.63) is 167 Å². The van der Waals surface area contributed by atoms with Crippen molar-refractivity contribution in [2.75, 3.05) is 33.7 Å². The van der Waals surface area contributed by atoms with Gasteiger partial charge in [-0.05, 0) is 96.2 Å². The highest BCUT2D eigenvalue weighted by Gasteiger charge is 2.56. The van der Waals surface area contributed by atoms with Gasteiger partial charge in [0, 0.05) is 6.42 Å². The van der Waals surface area contributed by atoms with Gasteiger partial charge in [0.05, 0.1) is 89.0 Å².